The van der Waals surface area contributed by atoms with Crippen molar-refractivity contribution in [2.24, 2.45) is 0 Å². The number of para-hydroxylation sites is 3. The van der Waals surface area contributed by atoms with Crippen molar-refractivity contribution in [1.29, 1.82) is 0 Å². The number of rotatable bonds is 4. The fraction of sp³-hybridized carbons (Fsp3) is 0.125. The summed E-state index contributed by atoms with van der Waals surface area (Å²) in [6.07, 6.45) is 0. The number of benzene rings is 2. The van der Waals surface area contributed by atoms with Crippen LogP contribution >= 0.6 is 12.2 Å². The van der Waals surface area contributed by atoms with Gasteiger partial charge in [-0.2, -0.15) is 5.10 Å². The van der Waals surface area contributed by atoms with E-state index in [2.05, 4.69) is 10.2 Å². The van der Waals surface area contributed by atoms with Gasteiger partial charge in [-0.15, -0.1) is 0 Å². The third-order valence-electron chi connectivity index (χ3n) is 3.35. The van der Waals surface area contributed by atoms with Gasteiger partial charge in [0.25, 0.3) is 0 Å². The summed E-state index contributed by atoms with van der Waals surface area (Å²) in [5.41, 5.74) is 1.67. The molecule has 0 saturated carbocycles. The minimum atomic E-state index is 0.491. The monoisotopic (exact) mass is 313 g/mol. The van der Waals surface area contributed by atoms with Crippen molar-refractivity contribution >= 4 is 12.2 Å². The molecule has 0 amide bonds. The Balaban J connectivity index is 2.27. The number of aromatic nitrogens is 3. The molecule has 6 heteroatoms. The zero-order valence-corrected chi connectivity index (χ0v) is 13.1. The molecule has 22 heavy (non-hydrogen) atoms. The third kappa shape index (κ3) is 2.37. The molecule has 0 unspecified atom stereocenters. The summed E-state index contributed by atoms with van der Waals surface area (Å²) in [7, 11) is 3.26. The summed E-state index contributed by atoms with van der Waals surface area (Å²) in [5, 5.41) is 7.20. The van der Waals surface area contributed by atoms with Crippen molar-refractivity contribution in [3.05, 3.63) is 53.3 Å². The number of aromatic amines is 1. The standard InChI is InChI=1S/C16H15N3O2S/c1-20-13-9-5-3-7-11(13)15-17-18-16(22)19(15)12-8-4-6-10-14(12)21-2/h3-10H,1-2H3,(H,18,22). The lowest BCUT2D eigenvalue weighted by molar-refractivity contribution is 0.412. The normalized spacial score (nSPS) is 10.5. The molecule has 0 fully saturated rings. The van der Waals surface area contributed by atoms with Crippen molar-refractivity contribution in [1.82, 2.24) is 14.8 Å². The molecule has 0 spiro atoms. The van der Waals surface area contributed by atoms with Gasteiger partial charge in [0, 0.05) is 0 Å². The van der Waals surface area contributed by atoms with Crippen molar-refractivity contribution < 1.29 is 9.47 Å². The minimum Gasteiger partial charge on any atom is -0.496 e. The number of methoxy groups -OCH3 is 2. The first-order valence-electron chi connectivity index (χ1n) is 6.70. The Morgan fingerprint density at radius 3 is 2.32 bits per heavy atom. The predicted octanol–water partition coefficient (Wildman–Crippen LogP) is 3.61. The van der Waals surface area contributed by atoms with Crippen LogP contribution in [0.1, 0.15) is 0 Å². The predicted molar refractivity (Wildman–Crippen MR) is 87.3 cm³/mol. The summed E-state index contributed by atoms with van der Waals surface area (Å²) in [6, 6.07) is 15.3. The first-order valence-corrected chi connectivity index (χ1v) is 7.11. The maximum absolute atomic E-state index is 5.43. The Hall–Kier alpha value is -2.60. The summed E-state index contributed by atoms with van der Waals surface area (Å²) in [5.74, 6) is 2.12. The van der Waals surface area contributed by atoms with Gasteiger partial charge in [-0.05, 0) is 36.5 Å². The third-order valence-corrected chi connectivity index (χ3v) is 3.62. The number of hydrogen-bond donors (Lipinski definition) is 1. The summed E-state index contributed by atoms with van der Waals surface area (Å²) in [6.45, 7) is 0. The Kier molecular flexibility index (Phi) is 3.93. The van der Waals surface area contributed by atoms with E-state index in [1.807, 2.05) is 53.1 Å². The van der Waals surface area contributed by atoms with E-state index in [0.717, 1.165) is 22.7 Å². The van der Waals surface area contributed by atoms with Gasteiger partial charge in [0.15, 0.2) is 10.6 Å². The molecule has 0 aliphatic rings. The Labute approximate surface area is 133 Å². The molecule has 0 aliphatic heterocycles. The smallest absolute Gasteiger partial charge is 0.200 e. The van der Waals surface area contributed by atoms with Gasteiger partial charge in [0.2, 0.25) is 0 Å². The van der Waals surface area contributed by atoms with Crippen molar-refractivity contribution in [3.63, 3.8) is 0 Å². The fourth-order valence-corrected chi connectivity index (χ4v) is 2.58. The van der Waals surface area contributed by atoms with Crippen molar-refractivity contribution in [3.8, 4) is 28.6 Å². The second-order valence-corrected chi connectivity index (χ2v) is 4.95. The molecule has 0 saturated heterocycles. The van der Waals surface area contributed by atoms with Crippen LogP contribution in [-0.2, 0) is 0 Å². The Bertz CT molecular complexity index is 854. The molecule has 2 aromatic carbocycles. The Morgan fingerprint density at radius 2 is 1.59 bits per heavy atom. The molecular formula is C16H15N3O2S. The lowest BCUT2D eigenvalue weighted by Gasteiger charge is -2.12. The first kappa shape index (κ1) is 14.3. The molecule has 3 aromatic rings. The highest BCUT2D eigenvalue weighted by molar-refractivity contribution is 7.71. The van der Waals surface area contributed by atoms with Gasteiger partial charge in [-0.1, -0.05) is 24.3 Å². The summed E-state index contributed by atoms with van der Waals surface area (Å²) < 4.78 is 13.2. The van der Waals surface area contributed by atoms with Gasteiger partial charge in [0.1, 0.15) is 11.5 Å². The second kappa shape index (κ2) is 6.03. The molecular weight excluding hydrogens is 298 g/mol. The molecule has 1 heterocycles. The molecule has 0 atom stereocenters. The van der Waals surface area contributed by atoms with Crippen LogP contribution in [0.25, 0.3) is 17.1 Å². The van der Waals surface area contributed by atoms with Crippen LogP contribution in [0.3, 0.4) is 0 Å². The fourth-order valence-electron chi connectivity index (χ4n) is 2.35. The maximum atomic E-state index is 5.43. The maximum Gasteiger partial charge on any atom is 0.200 e. The van der Waals surface area contributed by atoms with Crippen LogP contribution in [0, 0.1) is 4.77 Å². The zero-order valence-electron chi connectivity index (χ0n) is 12.2. The highest BCUT2D eigenvalue weighted by atomic mass is 32.1. The van der Waals surface area contributed by atoms with E-state index in [4.69, 9.17) is 21.7 Å². The summed E-state index contributed by atoms with van der Waals surface area (Å²) >= 11 is 5.39. The Morgan fingerprint density at radius 1 is 0.955 bits per heavy atom. The van der Waals surface area contributed by atoms with Crippen LogP contribution in [0.5, 0.6) is 11.5 Å². The average Bonchev–Trinajstić information content (AvgIpc) is 2.96. The second-order valence-electron chi connectivity index (χ2n) is 4.56. The summed E-state index contributed by atoms with van der Waals surface area (Å²) in [4.78, 5) is 0. The van der Waals surface area contributed by atoms with E-state index in [-0.39, 0.29) is 0 Å². The molecule has 1 aromatic heterocycles. The zero-order chi connectivity index (χ0) is 15.5. The quantitative estimate of drug-likeness (QED) is 0.748. The number of nitrogens with one attached hydrogen (secondary N) is 1. The van der Waals surface area contributed by atoms with E-state index in [1.54, 1.807) is 14.2 Å². The van der Waals surface area contributed by atoms with E-state index in [0.29, 0.717) is 10.6 Å². The van der Waals surface area contributed by atoms with Crippen LogP contribution in [0.15, 0.2) is 48.5 Å². The van der Waals surface area contributed by atoms with Crippen molar-refractivity contribution in [2.45, 2.75) is 0 Å². The number of nitrogens with zero attached hydrogens (tertiary/aromatic N) is 2. The van der Waals surface area contributed by atoms with Crippen molar-refractivity contribution in [2.75, 3.05) is 14.2 Å². The first-order chi connectivity index (χ1) is 10.8. The molecule has 0 bridgehead atoms. The topological polar surface area (TPSA) is 52.1 Å². The van der Waals surface area contributed by atoms with E-state index in [1.165, 1.54) is 0 Å². The average molecular weight is 313 g/mol. The van der Waals surface area contributed by atoms with Crippen LogP contribution < -0.4 is 9.47 Å². The highest BCUT2D eigenvalue weighted by Gasteiger charge is 2.16. The van der Waals surface area contributed by atoms with Gasteiger partial charge >= 0.3 is 0 Å². The molecule has 3 rings (SSSR count). The van der Waals surface area contributed by atoms with Gasteiger partial charge in [-0.25, -0.2) is 0 Å². The van der Waals surface area contributed by atoms with Gasteiger partial charge in [-0.3, -0.25) is 9.67 Å². The van der Waals surface area contributed by atoms with E-state index >= 15 is 0 Å². The van der Waals surface area contributed by atoms with Crippen LogP contribution in [0.2, 0.25) is 0 Å². The largest absolute Gasteiger partial charge is 0.496 e. The highest BCUT2D eigenvalue weighted by Crippen LogP contribution is 2.32. The van der Waals surface area contributed by atoms with Crippen LogP contribution in [0.4, 0.5) is 0 Å². The molecule has 1 N–H and O–H groups in total. The van der Waals surface area contributed by atoms with Crippen LogP contribution in [-0.4, -0.2) is 29.0 Å². The van der Waals surface area contributed by atoms with Gasteiger partial charge < -0.3 is 9.47 Å². The lowest BCUT2D eigenvalue weighted by Crippen LogP contribution is -2.01. The minimum absolute atomic E-state index is 0.491. The van der Waals surface area contributed by atoms with Gasteiger partial charge in [0.05, 0.1) is 25.5 Å². The number of H-pyrrole nitrogens is 1. The molecule has 112 valence electrons. The molecule has 5 nitrogen and oxygen atoms in total. The number of ether oxygens (including phenoxy) is 2. The molecule has 0 radical (unpaired) electrons. The van der Waals surface area contributed by atoms with E-state index < -0.39 is 0 Å². The lowest BCUT2D eigenvalue weighted by atomic mass is 10.2. The number of hydrogen-bond acceptors (Lipinski definition) is 4. The SMILES string of the molecule is COc1ccccc1-c1n[nH]c(=S)n1-c1ccccc1OC. The molecule has 0 aliphatic carbocycles. The van der Waals surface area contributed by atoms with E-state index in [9.17, 15) is 0 Å².